The molecule has 0 saturated carbocycles. The molecule has 16 heavy (non-hydrogen) atoms. The molecular formula is C12H16N3S+. The molecular weight excluding hydrogens is 218 g/mol. The molecule has 1 aromatic heterocycles. The number of benzene rings is 1. The van der Waals surface area contributed by atoms with E-state index in [1.165, 1.54) is 22.5 Å². The number of aromatic amines is 1. The summed E-state index contributed by atoms with van der Waals surface area (Å²) in [6.45, 7) is 0.968. The quantitative estimate of drug-likeness (QED) is 0.881. The molecule has 0 aliphatic rings. The Hall–Kier alpha value is -1.39. The second-order valence-electron chi connectivity index (χ2n) is 4.07. The van der Waals surface area contributed by atoms with E-state index in [1.54, 1.807) is 0 Å². The number of H-pyrrole nitrogens is 1. The third-order valence-corrected chi connectivity index (χ3v) is 3.03. The lowest BCUT2D eigenvalue weighted by atomic mass is 10.1. The van der Waals surface area contributed by atoms with Gasteiger partial charge in [0.05, 0.1) is 0 Å². The molecule has 1 heterocycles. The van der Waals surface area contributed by atoms with E-state index in [9.17, 15) is 0 Å². The van der Waals surface area contributed by atoms with Crippen LogP contribution >= 0.6 is 11.3 Å². The summed E-state index contributed by atoms with van der Waals surface area (Å²) in [6, 6.07) is 8.54. The topological polar surface area (TPSA) is 43.4 Å². The summed E-state index contributed by atoms with van der Waals surface area (Å²) in [5.74, 6) is 0. The van der Waals surface area contributed by atoms with Crippen molar-refractivity contribution in [1.29, 1.82) is 0 Å². The molecule has 0 aliphatic carbocycles. The predicted molar refractivity (Wildman–Crippen MR) is 68.1 cm³/mol. The van der Waals surface area contributed by atoms with Crippen LogP contribution in [0.3, 0.4) is 0 Å². The van der Waals surface area contributed by atoms with Gasteiger partial charge in [0.15, 0.2) is 0 Å². The number of nitrogens with one attached hydrogen (secondary N) is 1. The maximum absolute atomic E-state index is 5.67. The van der Waals surface area contributed by atoms with Crippen LogP contribution in [0.15, 0.2) is 29.6 Å². The number of nitrogens with two attached hydrogens (primary N) is 1. The van der Waals surface area contributed by atoms with Crippen LogP contribution in [0.1, 0.15) is 5.56 Å². The number of nitrogens with zero attached hydrogens (tertiary/aromatic N) is 1. The van der Waals surface area contributed by atoms with E-state index in [2.05, 4.69) is 48.2 Å². The van der Waals surface area contributed by atoms with Gasteiger partial charge in [-0.3, -0.25) is 5.73 Å². The van der Waals surface area contributed by atoms with Gasteiger partial charge >= 0.3 is 5.13 Å². The molecule has 1 aromatic carbocycles. The summed E-state index contributed by atoms with van der Waals surface area (Å²) in [4.78, 5) is 5.29. The molecule has 0 bridgehead atoms. The lowest BCUT2D eigenvalue weighted by Gasteiger charge is -2.09. The van der Waals surface area contributed by atoms with Gasteiger partial charge < -0.3 is 4.90 Å². The number of hydrogen-bond donors (Lipinski definition) is 1. The van der Waals surface area contributed by atoms with Crippen LogP contribution in [0.2, 0.25) is 0 Å². The van der Waals surface area contributed by atoms with Crippen LogP contribution in [0.25, 0.3) is 11.3 Å². The van der Waals surface area contributed by atoms with Crippen molar-refractivity contribution in [3.63, 3.8) is 0 Å². The molecule has 0 unspecified atom stereocenters. The lowest BCUT2D eigenvalue weighted by Crippen LogP contribution is -2.10. The summed E-state index contributed by atoms with van der Waals surface area (Å²) in [5.41, 5.74) is 9.24. The normalized spacial score (nSPS) is 10.9. The molecule has 3 N–H and O–H groups in total. The highest BCUT2D eigenvalue weighted by Gasteiger charge is 2.06. The zero-order valence-electron chi connectivity index (χ0n) is 9.53. The first-order valence-electron chi connectivity index (χ1n) is 5.15. The van der Waals surface area contributed by atoms with Crippen LogP contribution in [-0.2, 0) is 6.54 Å². The van der Waals surface area contributed by atoms with Gasteiger partial charge in [-0.1, -0.05) is 35.6 Å². The van der Waals surface area contributed by atoms with Gasteiger partial charge in [0, 0.05) is 17.5 Å². The average molecular weight is 234 g/mol. The molecule has 0 radical (unpaired) electrons. The second-order valence-corrected chi connectivity index (χ2v) is 4.98. The molecule has 0 saturated heterocycles. The smallest absolute Gasteiger partial charge is 0.305 e. The zero-order valence-corrected chi connectivity index (χ0v) is 10.3. The van der Waals surface area contributed by atoms with Crippen molar-refractivity contribution in [2.45, 2.75) is 6.54 Å². The SMILES string of the molecule is CN(C)Cc1ccc(-c2csc(N)[nH+]2)cc1. The highest BCUT2D eigenvalue weighted by atomic mass is 32.1. The first-order valence-corrected chi connectivity index (χ1v) is 6.03. The molecule has 0 amide bonds. The van der Waals surface area contributed by atoms with Gasteiger partial charge in [-0.2, -0.15) is 0 Å². The Balaban J connectivity index is 2.19. The molecule has 3 nitrogen and oxygen atoms in total. The van der Waals surface area contributed by atoms with Gasteiger partial charge in [0.2, 0.25) is 0 Å². The highest BCUT2D eigenvalue weighted by molar-refractivity contribution is 7.13. The Morgan fingerprint density at radius 2 is 1.94 bits per heavy atom. The molecule has 0 aliphatic heterocycles. The molecule has 0 spiro atoms. The monoisotopic (exact) mass is 234 g/mol. The van der Waals surface area contributed by atoms with Crippen LogP contribution in [0.5, 0.6) is 0 Å². The number of thiazole rings is 1. The summed E-state index contributed by atoms with van der Waals surface area (Å²) in [6.07, 6.45) is 0. The minimum atomic E-state index is 0.743. The van der Waals surface area contributed by atoms with Gasteiger partial charge in [0.25, 0.3) is 0 Å². The van der Waals surface area contributed by atoms with Crippen molar-refractivity contribution in [3.8, 4) is 11.3 Å². The van der Waals surface area contributed by atoms with Crippen LogP contribution in [-0.4, -0.2) is 19.0 Å². The Labute approximate surface area is 99.5 Å². The van der Waals surface area contributed by atoms with E-state index < -0.39 is 0 Å². The highest BCUT2D eigenvalue weighted by Crippen LogP contribution is 2.19. The van der Waals surface area contributed by atoms with Crippen LogP contribution in [0.4, 0.5) is 5.13 Å². The van der Waals surface area contributed by atoms with Crippen molar-refractivity contribution in [1.82, 2.24) is 4.90 Å². The van der Waals surface area contributed by atoms with E-state index in [4.69, 9.17) is 5.73 Å². The fraction of sp³-hybridized carbons (Fsp3) is 0.250. The van der Waals surface area contributed by atoms with Crippen molar-refractivity contribution >= 4 is 16.5 Å². The Morgan fingerprint density at radius 3 is 2.44 bits per heavy atom. The largest absolute Gasteiger partial charge is 0.329 e. The minimum absolute atomic E-state index is 0.743. The average Bonchev–Trinajstić information content (AvgIpc) is 2.65. The number of hydrogen-bond acceptors (Lipinski definition) is 3. The summed E-state index contributed by atoms with van der Waals surface area (Å²) >= 11 is 1.53. The van der Waals surface area contributed by atoms with Crippen LogP contribution < -0.4 is 10.7 Å². The van der Waals surface area contributed by atoms with Gasteiger partial charge in [-0.05, 0) is 19.7 Å². The van der Waals surface area contributed by atoms with E-state index in [-0.39, 0.29) is 0 Å². The third-order valence-electron chi connectivity index (χ3n) is 2.33. The molecule has 84 valence electrons. The lowest BCUT2D eigenvalue weighted by molar-refractivity contribution is -0.340. The molecule has 0 fully saturated rings. The maximum Gasteiger partial charge on any atom is 0.329 e. The first kappa shape index (κ1) is 11.1. The maximum atomic E-state index is 5.67. The van der Waals surface area contributed by atoms with Crippen molar-refractivity contribution in [2.75, 3.05) is 19.8 Å². The van der Waals surface area contributed by atoms with Crippen molar-refractivity contribution < 1.29 is 4.98 Å². The Morgan fingerprint density at radius 1 is 1.25 bits per heavy atom. The van der Waals surface area contributed by atoms with Gasteiger partial charge in [0.1, 0.15) is 5.69 Å². The van der Waals surface area contributed by atoms with Crippen molar-refractivity contribution in [3.05, 3.63) is 35.2 Å². The summed E-state index contributed by atoms with van der Waals surface area (Å²) in [7, 11) is 4.14. The first-order chi connectivity index (χ1) is 7.65. The Kier molecular flexibility index (Phi) is 3.22. The second kappa shape index (κ2) is 4.63. The molecule has 2 rings (SSSR count). The zero-order chi connectivity index (χ0) is 11.5. The summed E-state index contributed by atoms with van der Waals surface area (Å²) < 4.78 is 0. The molecule has 4 heteroatoms. The van der Waals surface area contributed by atoms with E-state index in [0.717, 1.165) is 17.4 Å². The standard InChI is InChI=1S/C12H15N3S/c1-15(2)7-9-3-5-10(6-4-9)11-8-16-12(13)14-11/h3-6,8H,7H2,1-2H3,(H2,13,14)/p+1. The number of anilines is 1. The van der Waals surface area contributed by atoms with Gasteiger partial charge in [-0.25, -0.2) is 4.98 Å². The number of aromatic nitrogens is 1. The van der Waals surface area contributed by atoms with Crippen LogP contribution in [0, 0.1) is 0 Å². The minimum Gasteiger partial charge on any atom is -0.305 e. The van der Waals surface area contributed by atoms with Gasteiger partial charge in [-0.15, -0.1) is 0 Å². The fourth-order valence-corrected chi connectivity index (χ4v) is 2.22. The third kappa shape index (κ3) is 2.59. The molecule has 0 atom stereocenters. The fourth-order valence-electron chi connectivity index (χ4n) is 1.61. The number of nitrogen functional groups attached to an aromatic ring is 1. The van der Waals surface area contributed by atoms with E-state index in [0.29, 0.717) is 0 Å². The predicted octanol–water partition coefficient (Wildman–Crippen LogP) is 1.87. The number of rotatable bonds is 3. The van der Waals surface area contributed by atoms with E-state index in [1.807, 2.05) is 5.38 Å². The van der Waals surface area contributed by atoms with E-state index >= 15 is 0 Å². The van der Waals surface area contributed by atoms with Crippen molar-refractivity contribution in [2.24, 2.45) is 0 Å². The Bertz CT molecular complexity index is 459. The molecule has 2 aromatic rings. The summed E-state index contributed by atoms with van der Waals surface area (Å²) in [5, 5.41) is 2.78.